The second-order valence-electron chi connectivity index (χ2n) is 7.44. The molecule has 0 spiro atoms. The summed E-state index contributed by atoms with van der Waals surface area (Å²) in [5.41, 5.74) is 9.32. The van der Waals surface area contributed by atoms with E-state index < -0.39 is 0 Å². The lowest BCUT2D eigenvalue weighted by Crippen LogP contribution is -2.43. The molecule has 0 aromatic carbocycles. The highest BCUT2D eigenvalue weighted by Crippen LogP contribution is 2.43. The highest BCUT2D eigenvalue weighted by molar-refractivity contribution is 14.1. The van der Waals surface area contributed by atoms with Crippen molar-refractivity contribution < 1.29 is 0 Å². The summed E-state index contributed by atoms with van der Waals surface area (Å²) >= 11 is 2.29. The molecule has 3 aromatic heterocycles. The molecular formula is C19H21IN6. The van der Waals surface area contributed by atoms with Gasteiger partial charge in [-0.25, -0.2) is 9.97 Å². The highest BCUT2D eigenvalue weighted by Gasteiger charge is 2.34. The molecule has 0 bridgehead atoms. The summed E-state index contributed by atoms with van der Waals surface area (Å²) in [6.45, 7) is 3.81. The first-order valence-corrected chi connectivity index (χ1v) is 10.2. The van der Waals surface area contributed by atoms with Crippen molar-refractivity contribution in [2.45, 2.75) is 25.3 Å². The molecule has 0 unspecified atom stereocenters. The van der Waals surface area contributed by atoms with Gasteiger partial charge in [0, 0.05) is 45.9 Å². The number of hydrogen-bond donors (Lipinski definition) is 1. The third-order valence-electron chi connectivity index (χ3n) is 5.72. The van der Waals surface area contributed by atoms with Crippen molar-refractivity contribution in [3.63, 3.8) is 0 Å². The van der Waals surface area contributed by atoms with E-state index in [9.17, 15) is 0 Å². The summed E-state index contributed by atoms with van der Waals surface area (Å²) in [5.74, 6) is 1.35. The zero-order chi connectivity index (χ0) is 17.7. The second-order valence-corrected chi connectivity index (χ2v) is 8.69. The van der Waals surface area contributed by atoms with Gasteiger partial charge in [0.2, 0.25) is 0 Å². The average Bonchev–Trinajstić information content (AvgIpc) is 2.93. The van der Waals surface area contributed by atoms with Crippen molar-refractivity contribution in [2.24, 2.45) is 5.92 Å². The number of fused-ring (bicyclic) bond motifs is 1. The number of nitrogens with zero attached hydrogens (tertiary/aromatic N) is 5. The van der Waals surface area contributed by atoms with E-state index >= 15 is 0 Å². The molecule has 134 valence electrons. The number of rotatable bonds is 4. The van der Waals surface area contributed by atoms with Crippen LogP contribution in [0, 0.1) is 9.49 Å². The van der Waals surface area contributed by atoms with Crippen molar-refractivity contribution in [3.8, 4) is 11.1 Å². The van der Waals surface area contributed by atoms with Gasteiger partial charge in [-0.05, 0) is 66.9 Å². The Hall–Kier alpha value is -1.74. The van der Waals surface area contributed by atoms with Crippen LogP contribution >= 0.6 is 22.6 Å². The molecule has 26 heavy (non-hydrogen) atoms. The summed E-state index contributed by atoms with van der Waals surface area (Å²) < 4.78 is 3.42. The predicted molar refractivity (Wildman–Crippen MR) is 111 cm³/mol. The number of aromatic nitrogens is 4. The summed E-state index contributed by atoms with van der Waals surface area (Å²) in [5, 5.41) is 0.947. The van der Waals surface area contributed by atoms with Gasteiger partial charge in [0.1, 0.15) is 17.8 Å². The normalized spacial score (nSPS) is 23.0. The Labute approximate surface area is 166 Å². The van der Waals surface area contributed by atoms with Crippen molar-refractivity contribution >= 4 is 39.4 Å². The van der Waals surface area contributed by atoms with Gasteiger partial charge < -0.3 is 15.2 Å². The van der Waals surface area contributed by atoms with Gasteiger partial charge in [0.05, 0.1) is 5.39 Å². The van der Waals surface area contributed by atoms with Crippen molar-refractivity contribution in [2.75, 3.05) is 25.4 Å². The fourth-order valence-corrected chi connectivity index (χ4v) is 4.67. The topological polar surface area (TPSA) is 72.9 Å². The molecule has 2 N–H and O–H groups in total. The van der Waals surface area contributed by atoms with Gasteiger partial charge in [-0.3, -0.25) is 4.98 Å². The molecule has 1 aliphatic carbocycles. The minimum absolute atomic E-state index is 0.502. The maximum atomic E-state index is 6.23. The summed E-state index contributed by atoms with van der Waals surface area (Å²) in [6, 6.07) is 2.63. The first-order chi connectivity index (χ1) is 12.7. The van der Waals surface area contributed by atoms with Crippen LogP contribution in [0.2, 0.25) is 0 Å². The SMILES string of the molecule is Nc1ncnc2c1c(-c1cncc(I)c1)cn2[C@H]1C[C@@H](CN2CCC2)C1. The number of likely N-dealkylation sites (tertiary alicyclic amines) is 1. The molecular weight excluding hydrogens is 439 g/mol. The van der Waals surface area contributed by atoms with Gasteiger partial charge in [0.25, 0.3) is 0 Å². The zero-order valence-corrected chi connectivity index (χ0v) is 16.6. The fraction of sp³-hybridized carbons (Fsp3) is 0.421. The van der Waals surface area contributed by atoms with Crippen LogP contribution in [0.3, 0.4) is 0 Å². The van der Waals surface area contributed by atoms with Crippen molar-refractivity contribution in [1.29, 1.82) is 0 Å². The third kappa shape index (κ3) is 2.77. The van der Waals surface area contributed by atoms with Crippen LogP contribution in [-0.2, 0) is 0 Å². The molecule has 1 saturated carbocycles. The predicted octanol–water partition coefficient (Wildman–Crippen LogP) is 3.34. The van der Waals surface area contributed by atoms with E-state index in [-0.39, 0.29) is 0 Å². The number of halogens is 1. The van der Waals surface area contributed by atoms with E-state index in [2.05, 4.69) is 59.3 Å². The average molecular weight is 460 g/mol. The van der Waals surface area contributed by atoms with Gasteiger partial charge >= 0.3 is 0 Å². The molecule has 6 nitrogen and oxygen atoms in total. The quantitative estimate of drug-likeness (QED) is 0.605. The van der Waals surface area contributed by atoms with Crippen LogP contribution in [0.4, 0.5) is 5.82 Å². The minimum Gasteiger partial charge on any atom is -0.383 e. The Morgan fingerprint density at radius 2 is 2.04 bits per heavy atom. The molecule has 0 atom stereocenters. The Bertz CT molecular complexity index is 958. The number of nitrogen functional groups attached to an aromatic ring is 1. The number of anilines is 1. The van der Waals surface area contributed by atoms with Gasteiger partial charge in [0.15, 0.2) is 0 Å². The van der Waals surface area contributed by atoms with E-state index in [4.69, 9.17) is 5.73 Å². The van der Waals surface area contributed by atoms with E-state index in [0.29, 0.717) is 11.9 Å². The molecule has 4 heterocycles. The van der Waals surface area contributed by atoms with Crippen LogP contribution in [0.5, 0.6) is 0 Å². The highest BCUT2D eigenvalue weighted by atomic mass is 127. The maximum absolute atomic E-state index is 6.23. The minimum atomic E-state index is 0.502. The van der Waals surface area contributed by atoms with Gasteiger partial charge in [-0.15, -0.1) is 0 Å². The van der Waals surface area contributed by atoms with E-state index in [0.717, 1.165) is 31.6 Å². The standard InChI is InChI=1S/C19H21IN6/c20-14-6-13(7-22-8-14)16-10-26(19-17(16)18(21)23-11-24-19)15-4-12(5-15)9-25-2-1-3-25/h6-8,10-12,15H,1-5,9H2,(H2,21,23,24)/t12-,15+. The van der Waals surface area contributed by atoms with Crippen LogP contribution < -0.4 is 5.73 Å². The summed E-state index contributed by atoms with van der Waals surface area (Å²) in [7, 11) is 0. The Morgan fingerprint density at radius 3 is 2.77 bits per heavy atom. The van der Waals surface area contributed by atoms with Crippen LogP contribution in [0.1, 0.15) is 25.3 Å². The Balaban J connectivity index is 1.50. The third-order valence-corrected chi connectivity index (χ3v) is 6.31. The molecule has 3 aromatic rings. The second kappa shape index (κ2) is 6.45. The first-order valence-electron chi connectivity index (χ1n) is 9.13. The zero-order valence-electron chi connectivity index (χ0n) is 14.5. The first kappa shape index (κ1) is 16.4. The number of pyridine rings is 1. The molecule has 2 fully saturated rings. The molecule has 1 aliphatic heterocycles. The molecule has 0 amide bonds. The Kier molecular flexibility index (Phi) is 4.08. The van der Waals surface area contributed by atoms with Gasteiger partial charge in [-0.2, -0.15) is 0 Å². The van der Waals surface area contributed by atoms with Crippen LogP contribution in [0.25, 0.3) is 22.2 Å². The number of nitrogens with two attached hydrogens (primary N) is 1. The fourth-order valence-electron chi connectivity index (χ4n) is 4.17. The summed E-state index contributed by atoms with van der Waals surface area (Å²) in [4.78, 5) is 15.7. The van der Waals surface area contributed by atoms with E-state index in [1.807, 2.05) is 12.4 Å². The lowest BCUT2D eigenvalue weighted by Gasteiger charge is -2.42. The smallest absolute Gasteiger partial charge is 0.146 e. The van der Waals surface area contributed by atoms with E-state index in [1.54, 1.807) is 6.33 Å². The van der Waals surface area contributed by atoms with Crippen LogP contribution in [-0.4, -0.2) is 44.1 Å². The van der Waals surface area contributed by atoms with Crippen LogP contribution in [0.15, 0.2) is 31.0 Å². The maximum Gasteiger partial charge on any atom is 0.146 e. The molecule has 2 aliphatic rings. The van der Waals surface area contributed by atoms with Crippen molar-refractivity contribution in [1.82, 2.24) is 24.4 Å². The van der Waals surface area contributed by atoms with Gasteiger partial charge in [-0.1, -0.05) is 0 Å². The molecule has 7 heteroatoms. The summed E-state index contributed by atoms with van der Waals surface area (Å²) in [6.07, 6.45) is 11.3. The molecule has 1 saturated heterocycles. The lowest BCUT2D eigenvalue weighted by atomic mass is 9.79. The number of hydrogen-bond acceptors (Lipinski definition) is 5. The lowest BCUT2D eigenvalue weighted by molar-refractivity contribution is 0.0921. The largest absolute Gasteiger partial charge is 0.383 e. The molecule has 5 rings (SSSR count). The van der Waals surface area contributed by atoms with E-state index in [1.165, 1.54) is 38.9 Å². The van der Waals surface area contributed by atoms with Crippen molar-refractivity contribution in [3.05, 3.63) is 34.6 Å². The Morgan fingerprint density at radius 1 is 1.19 bits per heavy atom. The monoisotopic (exact) mass is 460 g/mol. The molecule has 0 radical (unpaired) electrons.